The van der Waals surface area contributed by atoms with E-state index in [0.29, 0.717) is 11.5 Å². The van der Waals surface area contributed by atoms with Gasteiger partial charge < -0.3 is 9.52 Å². The second-order valence-electron chi connectivity index (χ2n) is 4.19. The standard InChI is InChI=1S/C12H13NO2/c14-9-5-6-10-11(7-9)15-12(13-10)8-3-1-2-4-8/h5-8,14H,1-4H2. The fourth-order valence-corrected chi connectivity index (χ4v) is 2.28. The van der Waals surface area contributed by atoms with Gasteiger partial charge in [0.2, 0.25) is 0 Å². The highest BCUT2D eigenvalue weighted by Crippen LogP contribution is 2.35. The van der Waals surface area contributed by atoms with Crippen LogP contribution in [0.4, 0.5) is 0 Å². The smallest absolute Gasteiger partial charge is 0.198 e. The summed E-state index contributed by atoms with van der Waals surface area (Å²) in [6, 6.07) is 5.07. The molecule has 0 atom stereocenters. The highest BCUT2D eigenvalue weighted by molar-refractivity contribution is 5.74. The molecule has 1 aromatic carbocycles. The van der Waals surface area contributed by atoms with Gasteiger partial charge in [0.05, 0.1) is 0 Å². The highest BCUT2D eigenvalue weighted by atomic mass is 16.3. The van der Waals surface area contributed by atoms with E-state index < -0.39 is 0 Å². The molecule has 15 heavy (non-hydrogen) atoms. The SMILES string of the molecule is Oc1ccc2nc(C3CCCC3)oc2c1. The summed E-state index contributed by atoms with van der Waals surface area (Å²) >= 11 is 0. The van der Waals surface area contributed by atoms with Crippen molar-refractivity contribution in [1.29, 1.82) is 0 Å². The highest BCUT2D eigenvalue weighted by Gasteiger charge is 2.22. The first-order valence-corrected chi connectivity index (χ1v) is 5.42. The van der Waals surface area contributed by atoms with Crippen molar-refractivity contribution in [2.45, 2.75) is 31.6 Å². The van der Waals surface area contributed by atoms with E-state index in [-0.39, 0.29) is 5.75 Å². The Hall–Kier alpha value is -1.51. The molecule has 1 N–H and O–H groups in total. The molecule has 3 rings (SSSR count). The van der Waals surface area contributed by atoms with Crippen molar-refractivity contribution in [3.05, 3.63) is 24.1 Å². The summed E-state index contributed by atoms with van der Waals surface area (Å²) in [5.74, 6) is 1.56. The summed E-state index contributed by atoms with van der Waals surface area (Å²) in [5, 5.41) is 9.32. The van der Waals surface area contributed by atoms with Gasteiger partial charge in [-0.25, -0.2) is 4.98 Å². The minimum atomic E-state index is 0.233. The van der Waals surface area contributed by atoms with Gasteiger partial charge in [0.25, 0.3) is 0 Å². The van der Waals surface area contributed by atoms with E-state index in [1.54, 1.807) is 18.2 Å². The lowest BCUT2D eigenvalue weighted by molar-refractivity contribution is 0.463. The maximum absolute atomic E-state index is 9.32. The van der Waals surface area contributed by atoms with Gasteiger partial charge in [0.15, 0.2) is 11.5 Å². The van der Waals surface area contributed by atoms with Crippen LogP contribution in [0.5, 0.6) is 5.75 Å². The lowest BCUT2D eigenvalue weighted by Gasteiger charge is -2.00. The Morgan fingerprint density at radius 1 is 1.27 bits per heavy atom. The van der Waals surface area contributed by atoms with E-state index in [4.69, 9.17) is 4.42 Å². The number of nitrogens with zero attached hydrogens (tertiary/aromatic N) is 1. The van der Waals surface area contributed by atoms with Crippen LogP contribution in [0, 0.1) is 0 Å². The Labute approximate surface area is 87.7 Å². The number of phenolic OH excluding ortho intramolecular Hbond substituents is 1. The van der Waals surface area contributed by atoms with Gasteiger partial charge in [-0.1, -0.05) is 12.8 Å². The lowest BCUT2D eigenvalue weighted by atomic mass is 10.1. The Morgan fingerprint density at radius 3 is 2.87 bits per heavy atom. The van der Waals surface area contributed by atoms with Crippen molar-refractivity contribution < 1.29 is 9.52 Å². The van der Waals surface area contributed by atoms with E-state index in [9.17, 15) is 5.11 Å². The quantitative estimate of drug-likeness (QED) is 0.774. The topological polar surface area (TPSA) is 46.3 Å². The monoisotopic (exact) mass is 203 g/mol. The van der Waals surface area contributed by atoms with E-state index in [2.05, 4.69) is 4.98 Å². The summed E-state index contributed by atoms with van der Waals surface area (Å²) in [6.07, 6.45) is 4.90. The molecule has 0 amide bonds. The van der Waals surface area contributed by atoms with Gasteiger partial charge in [-0.15, -0.1) is 0 Å². The van der Waals surface area contributed by atoms with Crippen LogP contribution in [0.1, 0.15) is 37.5 Å². The molecule has 3 heteroatoms. The number of rotatable bonds is 1. The minimum Gasteiger partial charge on any atom is -0.508 e. The molecule has 1 aliphatic carbocycles. The molecule has 1 aromatic heterocycles. The molecule has 3 nitrogen and oxygen atoms in total. The number of hydrogen-bond donors (Lipinski definition) is 1. The summed E-state index contributed by atoms with van der Waals surface area (Å²) < 4.78 is 5.66. The Bertz CT molecular complexity index is 483. The third-order valence-electron chi connectivity index (χ3n) is 3.09. The molecular formula is C12H13NO2. The van der Waals surface area contributed by atoms with Gasteiger partial charge >= 0.3 is 0 Å². The lowest BCUT2D eigenvalue weighted by Crippen LogP contribution is -1.90. The van der Waals surface area contributed by atoms with Gasteiger partial charge in [-0.3, -0.25) is 0 Å². The number of aromatic nitrogens is 1. The predicted octanol–water partition coefficient (Wildman–Crippen LogP) is 3.19. The predicted molar refractivity (Wildman–Crippen MR) is 56.9 cm³/mol. The van der Waals surface area contributed by atoms with Gasteiger partial charge in [0, 0.05) is 12.0 Å². The van der Waals surface area contributed by atoms with Gasteiger partial charge in [0.1, 0.15) is 11.3 Å². The summed E-state index contributed by atoms with van der Waals surface area (Å²) in [7, 11) is 0. The fraction of sp³-hybridized carbons (Fsp3) is 0.417. The number of aromatic hydroxyl groups is 1. The summed E-state index contributed by atoms with van der Waals surface area (Å²) in [5.41, 5.74) is 1.53. The average molecular weight is 203 g/mol. The maximum Gasteiger partial charge on any atom is 0.198 e. The van der Waals surface area contributed by atoms with E-state index in [1.165, 1.54) is 25.7 Å². The Balaban J connectivity index is 2.05. The van der Waals surface area contributed by atoms with Crippen LogP contribution in [0.15, 0.2) is 22.6 Å². The molecule has 0 saturated heterocycles. The van der Waals surface area contributed by atoms with Gasteiger partial charge in [-0.2, -0.15) is 0 Å². The van der Waals surface area contributed by atoms with Crippen LogP contribution in [0.2, 0.25) is 0 Å². The molecular weight excluding hydrogens is 190 g/mol. The Morgan fingerprint density at radius 2 is 2.07 bits per heavy atom. The van der Waals surface area contributed by atoms with Crippen LogP contribution < -0.4 is 0 Å². The van der Waals surface area contributed by atoms with Gasteiger partial charge in [-0.05, 0) is 25.0 Å². The van der Waals surface area contributed by atoms with Crippen LogP contribution in [0.3, 0.4) is 0 Å². The number of hydrogen-bond acceptors (Lipinski definition) is 3. The second kappa shape index (κ2) is 3.26. The molecule has 1 fully saturated rings. The third kappa shape index (κ3) is 1.48. The van der Waals surface area contributed by atoms with Crippen molar-refractivity contribution in [2.75, 3.05) is 0 Å². The summed E-state index contributed by atoms with van der Waals surface area (Å²) in [6.45, 7) is 0. The fourth-order valence-electron chi connectivity index (χ4n) is 2.28. The molecule has 1 heterocycles. The number of phenols is 1. The average Bonchev–Trinajstić information content (AvgIpc) is 2.84. The molecule has 0 radical (unpaired) electrons. The molecule has 0 unspecified atom stereocenters. The van der Waals surface area contributed by atoms with E-state index in [1.807, 2.05) is 0 Å². The zero-order chi connectivity index (χ0) is 10.3. The number of fused-ring (bicyclic) bond motifs is 1. The zero-order valence-corrected chi connectivity index (χ0v) is 8.44. The number of oxazole rings is 1. The van der Waals surface area contributed by atoms with E-state index in [0.717, 1.165) is 11.4 Å². The molecule has 2 aromatic rings. The first-order valence-electron chi connectivity index (χ1n) is 5.42. The van der Waals surface area contributed by atoms with Crippen molar-refractivity contribution in [3.8, 4) is 5.75 Å². The van der Waals surface area contributed by atoms with Crippen LogP contribution >= 0.6 is 0 Å². The molecule has 78 valence electrons. The minimum absolute atomic E-state index is 0.233. The Kier molecular flexibility index (Phi) is 1.91. The van der Waals surface area contributed by atoms with Crippen LogP contribution in [0.25, 0.3) is 11.1 Å². The molecule has 1 aliphatic rings. The summed E-state index contributed by atoms with van der Waals surface area (Å²) in [4.78, 5) is 4.46. The zero-order valence-electron chi connectivity index (χ0n) is 8.44. The first-order chi connectivity index (χ1) is 7.33. The van der Waals surface area contributed by atoms with Crippen molar-refractivity contribution in [2.24, 2.45) is 0 Å². The van der Waals surface area contributed by atoms with Crippen molar-refractivity contribution >= 4 is 11.1 Å². The first kappa shape index (κ1) is 8.77. The molecule has 0 bridgehead atoms. The molecule has 0 spiro atoms. The molecule has 1 saturated carbocycles. The van der Waals surface area contributed by atoms with Crippen molar-refractivity contribution in [3.63, 3.8) is 0 Å². The van der Waals surface area contributed by atoms with E-state index >= 15 is 0 Å². The second-order valence-corrected chi connectivity index (χ2v) is 4.19. The number of benzene rings is 1. The maximum atomic E-state index is 9.32. The van der Waals surface area contributed by atoms with Crippen LogP contribution in [-0.2, 0) is 0 Å². The third-order valence-corrected chi connectivity index (χ3v) is 3.09. The van der Waals surface area contributed by atoms with Crippen LogP contribution in [-0.4, -0.2) is 10.1 Å². The van der Waals surface area contributed by atoms with Crippen molar-refractivity contribution in [1.82, 2.24) is 4.98 Å². The molecule has 0 aliphatic heterocycles. The normalized spacial score (nSPS) is 17.6. The largest absolute Gasteiger partial charge is 0.508 e.